The molecule has 6 rings (SSSR count). The van der Waals surface area contributed by atoms with Crippen molar-refractivity contribution in [2.24, 2.45) is 0 Å². The molecule has 4 heterocycles. The number of carbonyl (C=O) groups excluding carboxylic acids is 8. The molecule has 4 fully saturated rings. The van der Waals surface area contributed by atoms with Gasteiger partial charge in [0, 0.05) is 59.3 Å². The number of nitrogens with one attached hydrogen (secondary N) is 1. The van der Waals surface area contributed by atoms with E-state index >= 15 is 0 Å². The minimum absolute atomic E-state index is 0.00227. The Bertz CT molecular complexity index is 1880. The molecule has 0 radical (unpaired) electrons. The van der Waals surface area contributed by atoms with E-state index in [9.17, 15) is 38.4 Å². The van der Waals surface area contributed by atoms with Crippen molar-refractivity contribution in [3.05, 3.63) is 57.5 Å². The standard InChI is InChI=1S/C19H22BrN3O5.C10H14BrNO4.C9H9BrN2O/c1-19(2,3)28-18(27)23-15(24)9-8-14(16(23)25)22-11-10-21(17(22)26)13-6-4-12(20)5-7-13;1-10(2,3)16-9(15)12-7(13)5-4-6(11)8(12)14;10-7-1-3-8(4-2-7)12-6-5-11-9(12)13/h4-7,14H,8-11H2,1-3H3;6H,4-5H2,1-3H3;1-4H,5-6H2,(H,11,13). The van der Waals surface area contributed by atoms with Crippen LogP contribution < -0.4 is 15.1 Å². The van der Waals surface area contributed by atoms with Crippen molar-refractivity contribution in [3.63, 3.8) is 0 Å². The first-order valence-corrected chi connectivity index (χ1v) is 20.6. The van der Waals surface area contributed by atoms with E-state index < -0.39 is 57.9 Å². The number of hydrogen-bond acceptors (Lipinski definition) is 10. The number of amides is 10. The van der Waals surface area contributed by atoms with Crippen molar-refractivity contribution in [3.8, 4) is 0 Å². The zero-order valence-corrected chi connectivity index (χ0v) is 37.1. The highest BCUT2D eigenvalue weighted by atomic mass is 79.9. The van der Waals surface area contributed by atoms with Gasteiger partial charge in [0.25, 0.3) is 11.8 Å². The maximum atomic E-state index is 12.9. The van der Waals surface area contributed by atoms with Crippen molar-refractivity contribution in [2.75, 3.05) is 36.0 Å². The first-order valence-electron chi connectivity index (χ1n) is 18.1. The fourth-order valence-electron chi connectivity index (χ4n) is 5.85. The molecular weight excluding hydrogens is 940 g/mol. The van der Waals surface area contributed by atoms with Crippen LogP contribution in [0.15, 0.2) is 57.5 Å². The van der Waals surface area contributed by atoms with Gasteiger partial charge in [0.05, 0.1) is 4.83 Å². The smallest absolute Gasteiger partial charge is 0.424 e. The van der Waals surface area contributed by atoms with Crippen LogP contribution in [-0.2, 0) is 28.7 Å². The molecule has 0 aromatic heterocycles. The highest BCUT2D eigenvalue weighted by molar-refractivity contribution is 9.10. The number of rotatable bonds is 3. The molecule has 0 spiro atoms. The molecule has 2 aromatic rings. The molecule has 2 aromatic carbocycles. The maximum Gasteiger partial charge on any atom is 0.424 e. The summed E-state index contributed by atoms with van der Waals surface area (Å²) in [6.45, 7) is 12.2. The van der Waals surface area contributed by atoms with Crippen LogP contribution in [0.25, 0.3) is 0 Å². The molecule has 4 aliphatic rings. The van der Waals surface area contributed by atoms with E-state index in [2.05, 4.69) is 53.1 Å². The monoisotopic (exact) mass is 982 g/mol. The Hall–Kier alpha value is -4.36. The Morgan fingerprint density at radius 1 is 0.649 bits per heavy atom. The number of urea groups is 2. The van der Waals surface area contributed by atoms with E-state index in [0.29, 0.717) is 29.3 Å². The van der Waals surface area contributed by atoms with E-state index in [4.69, 9.17) is 9.47 Å². The Labute approximate surface area is 355 Å². The number of hydrogen-bond donors (Lipinski definition) is 1. The number of benzene rings is 2. The average molecular weight is 986 g/mol. The Kier molecular flexibility index (Phi) is 15.1. The molecular formula is C38H45Br3N6O10. The third kappa shape index (κ3) is 12.1. The number of halogens is 3. The van der Waals surface area contributed by atoms with Gasteiger partial charge < -0.3 is 19.7 Å². The fourth-order valence-corrected chi connectivity index (χ4v) is 6.81. The van der Waals surface area contributed by atoms with Gasteiger partial charge in [0.2, 0.25) is 11.8 Å². The highest BCUT2D eigenvalue weighted by Crippen LogP contribution is 2.28. The third-order valence-corrected chi connectivity index (χ3v) is 10.3. The average Bonchev–Trinajstić information content (AvgIpc) is 3.71. The van der Waals surface area contributed by atoms with Crippen molar-refractivity contribution < 1.29 is 47.8 Å². The van der Waals surface area contributed by atoms with Crippen LogP contribution in [0.1, 0.15) is 67.2 Å². The molecule has 4 saturated heterocycles. The summed E-state index contributed by atoms with van der Waals surface area (Å²) in [5.74, 6) is -2.37. The van der Waals surface area contributed by atoms with Gasteiger partial charge in [0.1, 0.15) is 17.2 Å². The molecule has 2 atom stereocenters. The predicted octanol–water partition coefficient (Wildman–Crippen LogP) is 6.96. The summed E-state index contributed by atoms with van der Waals surface area (Å²) in [5.41, 5.74) is 0.0980. The minimum Gasteiger partial charge on any atom is -0.443 e. The second-order valence-electron chi connectivity index (χ2n) is 15.1. The second kappa shape index (κ2) is 18.9. The summed E-state index contributed by atoms with van der Waals surface area (Å²) in [7, 11) is 0. The van der Waals surface area contributed by atoms with Gasteiger partial charge in [-0.1, -0.05) is 47.8 Å². The molecule has 0 aliphatic carbocycles. The van der Waals surface area contributed by atoms with Crippen molar-refractivity contribution >= 4 is 107 Å². The zero-order valence-electron chi connectivity index (χ0n) is 32.4. The summed E-state index contributed by atoms with van der Waals surface area (Å²) in [6, 6.07) is 13.8. The molecule has 16 nitrogen and oxygen atoms in total. The lowest BCUT2D eigenvalue weighted by Gasteiger charge is -2.34. The van der Waals surface area contributed by atoms with Crippen LogP contribution in [0.2, 0.25) is 0 Å². The third-order valence-electron chi connectivity index (χ3n) is 8.44. The van der Waals surface area contributed by atoms with E-state index in [1.165, 1.54) is 4.90 Å². The molecule has 19 heteroatoms. The summed E-state index contributed by atoms with van der Waals surface area (Å²) in [5, 5.41) is 2.76. The molecule has 0 saturated carbocycles. The highest BCUT2D eigenvalue weighted by Gasteiger charge is 2.47. The first kappa shape index (κ1) is 45.3. The van der Waals surface area contributed by atoms with E-state index in [1.807, 2.05) is 48.5 Å². The van der Waals surface area contributed by atoms with Gasteiger partial charge >= 0.3 is 24.2 Å². The first-order chi connectivity index (χ1) is 26.6. The number of anilines is 2. The maximum absolute atomic E-state index is 12.9. The summed E-state index contributed by atoms with van der Waals surface area (Å²) in [6.07, 6.45) is -1.12. The molecule has 308 valence electrons. The zero-order chi connectivity index (χ0) is 42.4. The van der Waals surface area contributed by atoms with Gasteiger partial charge in [-0.2, -0.15) is 9.80 Å². The number of alkyl halides is 1. The van der Waals surface area contributed by atoms with Gasteiger partial charge in [0.15, 0.2) is 0 Å². The molecule has 57 heavy (non-hydrogen) atoms. The summed E-state index contributed by atoms with van der Waals surface area (Å²) < 4.78 is 12.1. The summed E-state index contributed by atoms with van der Waals surface area (Å²) in [4.78, 5) is 102. The molecule has 10 amide bonds. The Balaban J connectivity index is 0.000000209. The normalized spacial score (nSPS) is 20.1. The van der Waals surface area contributed by atoms with Crippen LogP contribution in [-0.4, -0.2) is 111 Å². The number of imide groups is 6. The minimum atomic E-state index is -0.997. The van der Waals surface area contributed by atoms with E-state index in [-0.39, 0.29) is 31.3 Å². The molecule has 1 N–H and O–H groups in total. The number of ether oxygens (including phenoxy) is 2. The lowest BCUT2D eigenvalue weighted by molar-refractivity contribution is -0.150. The SMILES string of the molecule is CC(C)(C)OC(=O)N1C(=O)CCC(Br)C1=O.CC(C)(C)OC(=O)N1C(=O)CCC(N2CCN(c3ccc(Br)cc3)C2=O)C1=O.O=C1NCCN1c1ccc(Br)cc1. The lowest BCUT2D eigenvalue weighted by Crippen LogP contribution is -2.57. The van der Waals surface area contributed by atoms with Crippen LogP contribution in [0, 0.1) is 0 Å². The van der Waals surface area contributed by atoms with Crippen molar-refractivity contribution in [1.82, 2.24) is 20.0 Å². The lowest BCUT2D eigenvalue weighted by atomic mass is 10.0. The quantitative estimate of drug-likeness (QED) is 0.249. The Morgan fingerprint density at radius 2 is 1.11 bits per heavy atom. The topological polar surface area (TPSA) is 183 Å². The molecule has 4 aliphatic heterocycles. The van der Waals surface area contributed by atoms with Crippen LogP contribution in [0.4, 0.5) is 30.6 Å². The van der Waals surface area contributed by atoms with E-state index in [0.717, 1.165) is 33.4 Å². The second-order valence-corrected chi connectivity index (χ2v) is 18.1. The van der Waals surface area contributed by atoms with Crippen LogP contribution >= 0.6 is 47.8 Å². The number of likely N-dealkylation sites (tertiary alicyclic amines) is 2. The predicted molar refractivity (Wildman–Crippen MR) is 220 cm³/mol. The van der Waals surface area contributed by atoms with Crippen LogP contribution in [0.5, 0.6) is 0 Å². The number of carbonyl (C=O) groups is 8. The van der Waals surface area contributed by atoms with Gasteiger partial charge in [-0.05, 0) is 103 Å². The van der Waals surface area contributed by atoms with Gasteiger partial charge in [-0.15, -0.1) is 0 Å². The van der Waals surface area contributed by atoms with E-state index in [1.54, 1.807) is 51.3 Å². The number of piperidine rings is 2. The van der Waals surface area contributed by atoms with Crippen molar-refractivity contribution in [2.45, 2.75) is 89.3 Å². The molecule has 0 bridgehead atoms. The summed E-state index contributed by atoms with van der Waals surface area (Å²) >= 11 is 9.83. The number of nitrogens with zero attached hydrogens (tertiary/aromatic N) is 5. The Morgan fingerprint density at radius 3 is 1.56 bits per heavy atom. The molecule has 2 unspecified atom stereocenters. The fraction of sp³-hybridized carbons (Fsp3) is 0.474. The van der Waals surface area contributed by atoms with Crippen LogP contribution in [0.3, 0.4) is 0 Å². The van der Waals surface area contributed by atoms with Gasteiger partial charge in [-0.3, -0.25) is 29.0 Å². The largest absolute Gasteiger partial charge is 0.443 e. The van der Waals surface area contributed by atoms with Crippen molar-refractivity contribution in [1.29, 1.82) is 0 Å². The van der Waals surface area contributed by atoms with Gasteiger partial charge in [-0.25, -0.2) is 19.2 Å².